The second-order valence-corrected chi connectivity index (χ2v) is 0. The van der Waals surface area contributed by atoms with Crippen molar-refractivity contribution in [2.24, 2.45) is 0 Å². The molecule has 0 rings (SSSR count). The quantitative estimate of drug-likeness (QED) is 0.405. The molecule has 0 amide bonds. The largest absolute Gasteiger partial charge is 0.0776 e. The van der Waals surface area contributed by atoms with Crippen molar-refractivity contribution < 1.29 is 32.7 Å². The van der Waals surface area contributed by atoms with E-state index in [4.69, 9.17) is 0 Å². The molecule has 0 aliphatic heterocycles. The van der Waals surface area contributed by atoms with Crippen LogP contribution in [0.1, 0.15) is 14.9 Å². The van der Waals surface area contributed by atoms with Crippen LogP contribution in [0, 0.1) is 0 Å². The summed E-state index contributed by atoms with van der Waals surface area (Å²) >= 11 is 0. The second kappa shape index (κ2) is 30.6. The van der Waals surface area contributed by atoms with E-state index in [0.717, 1.165) is 0 Å². The van der Waals surface area contributed by atoms with Gasteiger partial charge in [-0.25, -0.2) is 0 Å². The van der Waals surface area contributed by atoms with Crippen molar-refractivity contribution in [1.82, 2.24) is 0 Å². The van der Waals surface area contributed by atoms with Crippen LogP contribution in [0.2, 0.25) is 0 Å². The molecule has 0 fully saturated rings. The van der Waals surface area contributed by atoms with Crippen LogP contribution in [-0.2, 0) is 32.7 Å². The Labute approximate surface area is 55.8 Å². The fraction of sp³-hybridized carbons (Fsp3) is 1.00. The zero-order chi connectivity index (χ0) is 0. The van der Waals surface area contributed by atoms with Gasteiger partial charge in [-0.1, -0.05) is 23.3 Å². The molecular weight excluding hydrogens is 124 g/mol. The maximum absolute atomic E-state index is 0. The third-order valence-corrected chi connectivity index (χ3v) is 0. The second-order valence-electron chi connectivity index (χ2n) is 0. The molecule has 0 saturated heterocycles. The van der Waals surface area contributed by atoms with Crippen molar-refractivity contribution in [2.75, 3.05) is 0 Å². The van der Waals surface area contributed by atoms with Gasteiger partial charge in [0.2, 0.25) is 0 Å². The maximum atomic E-state index is 0. The summed E-state index contributed by atoms with van der Waals surface area (Å²) in [7, 11) is 0. The fourth-order valence-electron chi connectivity index (χ4n) is 0. The summed E-state index contributed by atoms with van der Waals surface area (Å²) in [5, 5.41) is 0. The standard InChI is InChI=1S/2CH4.BH4.Y/h3*1H4;/q;;-1;. The SMILES string of the molecule is C.C.[BH4-].[Y]. The Morgan fingerprint density at radius 1 is 0.750 bits per heavy atom. The van der Waals surface area contributed by atoms with Crippen LogP contribution >= 0.6 is 0 Å². The summed E-state index contributed by atoms with van der Waals surface area (Å²) in [4.78, 5) is 0. The molecule has 0 nitrogen and oxygen atoms in total. The smallest absolute Gasteiger partial charge is 0 e. The molecule has 0 aliphatic rings. The molecule has 0 unspecified atom stereocenters. The normalized spacial score (nSPS) is 0. The monoisotopic (exact) mass is 136 g/mol. The molecule has 0 saturated carbocycles. The molecule has 4 heavy (non-hydrogen) atoms. The first-order chi connectivity index (χ1) is 0. The Hall–Kier alpha value is 1.17. The minimum Gasteiger partial charge on any atom is -0.0776 e. The zero-order valence-electron chi connectivity index (χ0n) is 0.577. The maximum Gasteiger partial charge on any atom is 0 e. The van der Waals surface area contributed by atoms with Gasteiger partial charge < -0.3 is 0 Å². The molecule has 0 aromatic carbocycles. The summed E-state index contributed by atoms with van der Waals surface area (Å²) < 4.78 is 0. The van der Waals surface area contributed by atoms with Crippen LogP contribution in [0.5, 0.6) is 0 Å². The van der Waals surface area contributed by atoms with E-state index in [1.54, 1.807) is 0 Å². The molecule has 0 aromatic rings. The Morgan fingerprint density at radius 3 is 0.750 bits per heavy atom. The van der Waals surface area contributed by atoms with Gasteiger partial charge in [0.05, 0.1) is 0 Å². The van der Waals surface area contributed by atoms with Crippen LogP contribution in [0.25, 0.3) is 0 Å². The van der Waals surface area contributed by atoms with E-state index in [9.17, 15) is 0 Å². The first-order valence-electron chi connectivity index (χ1n) is 0. The molecule has 0 atom stereocenters. The van der Waals surface area contributed by atoms with Gasteiger partial charge in [-0.3, -0.25) is 0 Å². The number of hydrogen-bond acceptors (Lipinski definition) is 0. The number of rotatable bonds is 0. The third-order valence-electron chi connectivity index (χ3n) is 0. The molecule has 1 radical (unpaired) electrons. The topological polar surface area (TPSA) is 0 Å². The Kier molecular flexibility index (Phi) is 504. The van der Waals surface area contributed by atoms with Gasteiger partial charge in [0.25, 0.3) is 0 Å². The van der Waals surface area contributed by atoms with Crippen LogP contribution in [-0.4, -0.2) is 8.41 Å². The summed E-state index contributed by atoms with van der Waals surface area (Å²) in [6.07, 6.45) is 0. The van der Waals surface area contributed by atoms with Gasteiger partial charge >= 0.3 is 0 Å². The Morgan fingerprint density at radius 2 is 0.750 bits per heavy atom. The van der Waals surface area contributed by atoms with Gasteiger partial charge in [-0.05, 0) is 0 Å². The van der Waals surface area contributed by atoms with Crippen molar-refractivity contribution in [3.8, 4) is 0 Å². The third kappa shape index (κ3) is 10.9. The molecule has 2 heteroatoms. The minimum atomic E-state index is 0. The molecule has 0 heterocycles. The van der Waals surface area contributed by atoms with Gasteiger partial charge in [0.1, 0.15) is 0 Å². The fourth-order valence-corrected chi connectivity index (χ4v) is 0. The van der Waals surface area contributed by atoms with Gasteiger partial charge in [0.15, 0.2) is 0 Å². The Balaban J connectivity index is 0. The van der Waals surface area contributed by atoms with E-state index in [0.29, 0.717) is 0 Å². The molecule has 0 N–H and O–H groups in total. The van der Waals surface area contributed by atoms with Gasteiger partial charge in [-0.2, -0.15) is 0 Å². The first kappa shape index (κ1) is 65.8. The summed E-state index contributed by atoms with van der Waals surface area (Å²) in [5.74, 6) is 0. The van der Waals surface area contributed by atoms with Crippen LogP contribution in [0.3, 0.4) is 0 Å². The van der Waals surface area contributed by atoms with Gasteiger partial charge in [0, 0.05) is 32.7 Å². The Bertz CT molecular complexity index is 6.00. The first-order valence-corrected chi connectivity index (χ1v) is 0. The van der Waals surface area contributed by atoms with Crippen molar-refractivity contribution in [2.45, 2.75) is 14.9 Å². The zero-order valence-corrected chi connectivity index (χ0v) is 3.42. The van der Waals surface area contributed by atoms with E-state index < -0.39 is 0 Å². The summed E-state index contributed by atoms with van der Waals surface area (Å²) in [6.45, 7) is 0. The van der Waals surface area contributed by atoms with E-state index in [-0.39, 0.29) is 56.0 Å². The molecule has 0 aromatic heterocycles. The average molecular weight is 136 g/mol. The summed E-state index contributed by atoms with van der Waals surface area (Å²) in [5.41, 5.74) is 0. The van der Waals surface area contributed by atoms with E-state index in [2.05, 4.69) is 0 Å². The van der Waals surface area contributed by atoms with Crippen molar-refractivity contribution in [3.63, 3.8) is 0 Å². The van der Waals surface area contributed by atoms with Crippen LogP contribution in [0.15, 0.2) is 0 Å². The minimum absolute atomic E-state index is 0. The van der Waals surface area contributed by atoms with Crippen molar-refractivity contribution >= 4 is 8.41 Å². The molecule has 0 spiro atoms. The van der Waals surface area contributed by atoms with Crippen molar-refractivity contribution in [1.29, 1.82) is 0 Å². The van der Waals surface area contributed by atoms with Gasteiger partial charge in [-0.15, -0.1) is 0 Å². The molecule has 27 valence electrons. The van der Waals surface area contributed by atoms with Crippen molar-refractivity contribution in [3.05, 3.63) is 0 Å². The van der Waals surface area contributed by atoms with E-state index in [1.165, 1.54) is 0 Å². The molecule has 0 aliphatic carbocycles. The molecule has 0 bridgehead atoms. The number of hydrogen-bond donors (Lipinski definition) is 0. The average Bonchev–Trinajstić information content (AvgIpc) is 0. The van der Waals surface area contributed by atoms with Crippen LogP contribution < -0.4 is 0 Å². The van der Waals surface area contributed by atoms with E-state index in [1.807, 2.05) is 0 Å². The van der Waals surface area contributed by atoms with E-state index >= 15 is 0 Å². The predicted octanol–water partition coefficient (Wildman–Crippen LogP) is -0.182. The predicted molar refractivity (Wildman–Crippen MR) is 24.8 cm³/mol. The summed E-state index contributed by atoms with van der Waals surface area (Å²) in [6, 6.07) is 0. The molecular formula is C2H12BY-. The van der Waals surface area contributed by atoms with Crippen LogP contribution in [0.4, 0.5) is 0 Å².